The summed E-state index contributed by atoms with van der Waals surface area (Å²) in [6, 6.07) is 15.8. The Morgan fingerprint density at radius 3 is 2.64 bits per heavy atom. The summed E-state index contributed by atoms with van der Waals surface area (Å²) in [6.07, 6.45) is 5.66. The molecular weight excluding hydrogens is 317 g/mol. The maximum atomic E-state index is 6.03. The Balaban J connectivity index is 1.57. The van der Waals surface area contributed by atoms with Crippen LogP contribution in [0.2, 0.25) is 10.0 Å². The Labute approximate surface area is 140 Å². The van der Waals surface area contributed by atoms with Gasteiger partial charge in [-0.05, 0) is 29.3 Å². The maximum Gasteiger partial charge on any atom is 0.137 e. The lowest BCUT2D eigenvalue weighted by atomic mass is 10.0. The van der Waals surface area contributed by atoms with Gasteiger partial charge in [0.1, 0.15) is 6.10 Å². The van der Waals surface area contributed by atoms with E-state index in [-0.39, 0.29) is 6.10 Å². The molecule has 0 amide bonds. The van der Waals surface area contributed by atoms with Crippen LogP contribution in [0.5, 0.6) is 0 Å². The Bertz CT molecular complexity index is 710. The number of benzene rings is 2. The first kappa shape index (κ1) is 15.1. The molecule has 3 rings (SSSR count). The lowest BCUT2D eigenvalue weighted by molar-refractivity contribution is 0.0859. The Morgan fingerprint density at radius 1 is 1.05 bits per heavy atom. The molecule has 1 atom stereocenters. The van der Waals surface area contributed by atoms with E-state index in [9.17, 15) is 0 Å². The van der Waals surface area contributed by atoms with Gasteiger partial charge in [-0.2, -0.15) is 0 Å². The maximum absolute atomic E-state index is 6.03. The van der Waals surface area contributed by atoms with Gasteiger partial charge in [0.15, 0.2) is 0 Å². The van der Waals surface area contributed by atoms with Gasteiger partial charge in [-0.3, -0.25) is 0 Å². The highest BCUT2D eigenvalue weighted by molar-refractivity contribution is 6.42. The van der Waals surface area contributed by atoms with Crippen LogP contribution in [0.3, 0.4) is 0 Å². The average Bonchev–Trinajstić information content (AvgIpc) is 2.97. The number of allylic oxidation sites excluding steroid dienone is 1. The van der Waals surface area contributed by atoms with Gasteiger partial charge in [0, 0.05) is 12.8 Å². The standard InChI is InChI=1S/C18H15Cl2NO/c19-17-9-7-14(11-18(17)20)10-16-12-15(21-22-16)8-6-13-4-2-1-3-5-13/h1-9,11,16H,10,12H2/b8-6+. The Hall–Kier alpha value is -1.77. The van der Waals surface area contributed by atoms with E-state index in [1.165, 1.54) is 0 Å². The predicted molar refractivity (Wildman–Crippen MR) is 92.6 cm³/mol. The van der Waals surface area contributed by atoms with E-state index in [1.54, 1.807) is 0 Å². The van der Waals surface area contributed by atoms with E-state index < -0.39 is 0 Å². The van der Waals surface area contributed by atoms with Crippen LogP contribution in [-0.2, 0) is 11.3 Å². The second-order valence-corrected chi connectivity index (χ2v) is 6.03. The average molecular weight is 332 g/mol. The van der Waals surface area contributed by atoms with E-state index in [4.69, 9.17) is 28.0 Å². The molecule has 0 spiro atoms. The summed E-state index contributed by atoms with van der Waals surface area (Å²) in [4.78, 5) is 5.49. The first-order valence-corrected chi connectivity index (χ1v) is 7.86. The van der Waals surface area contributed by atoms with Crippen molar-refractivity contribution in [2.75, 3.05) is 0 Å². The molecule has 0 fully saturated rings. The quantitative estimate of drug-likeness (QED) is 0.735. The van der Waals surface area contributed by atoms with E-state index in [0.29, 0.717) is 10.0 Å². The second-order valence-electron chi connectivity index (χ2n) is 5.21. The number of hydrogen-bond acceptors (Lipinski definition) is 2. The summed E-state index contributed by atoms with van der Waals surface area (Å²) in [6.45, 7) is 0. The van der Waals surface area contributed by atoms with Crippen molar-refractivity contribution in [3.05, 3.63) is 75.8 Å². The number of hydrogen-bond donors (Lipinski definition) is 0. The molecule has 22 heavy (non-hydrogen) atoms. The fourth-order valence-electron chi connectivity index (χ4n) is 2.34. The lowest BCUT2D eigenvalue weighted by Crippen LogP contribution is -2.10. The van der Waals surface area contributed by atoms with Crippen molar-refractivity contribution in [1.82, 2.24) is 0 Å². The summed E-state index contributed by atoms with van der Waals surface area (Å²) in [7, 11) is 0. The van der Waals surface area contributed by atoms with E-state index in [2.05, 4.69) is 17.3 Å². The number of oxime groups is 1. The van der Waals surface area contributed by atoms with Gasteiger partial charge in [0.25, 0.3) is 0 Å². The second kappa shape index (κ2) is 6.99. The largest absolute Gasteiger partial charge is 0.392 e. The molecule has 0 radical (unpaired) electrons. The summed E-state index contributed by atoms with van der Waals surface area (Å²) in [5.41, 5.74) is 3.20. The summed E-state index contributed by atoms with van der Waals surface area (Å²) >= 11 is 12.0. The molecular formula is C18H15Cl2NO. The molecule has 2 aromatic carbocycles. The Morgan fingerprint density at radius 2 is 1.86 bits per heavy atom. The highest BCUT2D eigenvalue weighted by Crippen LogP contribution is 2.25. The minimum absolute atomic E-state index is 0.0488. The van der Waals surface area contributed by atoms with Gasteiger partial charge in [0.2, 0.25) is 0 Å². The van der Waals surface area contributed by atoms with E-state index >= 15 is 0 Å². The molecule has 1 unspecified atom stereocenters. The molecule has 1 aliphatic rings. The molecule has 0 saturated heterocycles. The minimum Gasteiger partial charge on any atom is -0.392 e. The minimum atomic E-state index is 0.0488. The van der Waals surface area contributed by atoms with Crippen molar-refractivity contribution >= 4 is 35.0 Å². The van der Waals surface area contributed by atoms with Crippen LogP contribution >= 0.6 is 23.2 Å². The fraction of sp³-hybridized carbons (Fsp3) is 0.167. The predicted octanol–water partition coefficient (Wildman–Crippen LogP) is 5.39. The van der Waals surface area contributed by atoms with Crippen LogP contribution in [0, 0.1) is 0 Å². The SMILES string of the molecule is Clc1ccc(CC2CC(/C=C/c3ccccc3)=NO2)cc1Cl. The van der Waals surface area contributed by atoms with Crippen LogP contribution in [0.25, 0.3) is 6.08 Å². The van der Waals surface area contributed by atoms with Gasteiger partial charge < -0.3 is 4.84 Å². The third kappa shape index (κ3) is 3.90. The van der Waals surface area contributed by atoms with Crippen LogP contribution in [0.15, 0.2) is 59.8 Å². The first-order chi connectivity index (χ1) is 10.7. The normalized spacial score (nSPS) is 17.5. The molecule has 4 heteroatoms. The van der Waals surface area contributed by atoms with Crippen molar-refractivity contribution in [2.24, 2.45) is 5.16 Å². The topological polar surface area (TPSA) is 21.6 Å². The molecule has 1 aliphatic heterocycles. The van der Waals surface area contributed by atoms with Gasteiger partial charge >= 0.3 is 0 Å². The summed E-state index contributed by atoms with van der Waals surface area (Å²) in [5.74, 6) is 0. The smallest absolute Gasteiger partial charge is 0.137 e. The lowest BCUT2D eigenvalue weighted by Gasteiger charge is -2.08. The van der Waals surface area contributed by atoms with Crippen molar-refractivity contribution in [1.29, 1.82) is 0 Å². The molecule has 112 valence electrons. The monoisotopic (exact) mass is 331 g/mol. The molecule has 0 N–H and O–H groups in total. The molecule has 0 bridgehead atoms. The molecule has 0 aliphatic carbocycles. The summed E-state index contributed by atoms with van der Waals surface area (Å²) in [5, 5.41) is 5.28. The third-order valence-corrected chi connectivity index (χ3v) is 4.21. The third-order valence-electron chi connectivity index (χ3n) is 3.47. The zero-order chi connectivity index (χ0) is 15.4. The summed E-state index contributed by atoms with van der Waals surface area (Å²) < 4.78 is 0. The molecule has 1 heterocycles. The van der Waals surface area contributed by atoms with Gasteiger partial charge in [-0.25, -0.2) is 0 Å². The van der Waals surface area contributed by atoms with E-state index in [0.717, 1.165) is 29.7 Å². The Kier molecular flexibility index (Phi) is 4.81. The fourth-order valence-corrected chi connectivity index (χ4v) is 2.66. The van der Waals surface area contributed by atoms with Crippen molar-refractivity contribution < 1.29 is 4.84 Å². The highest BCUT2D eigenvalue weighted by Gasteiger charge is 2.20. The zero-order valence-electron chi connectivity index (χ0n) is 11.9. The van der Waals surface area contributed by atoms with Crippen molar-refractivity contribution in [3.8, 4) is 0 Å². The van der Waals surface area contributed by atoms with Crippen LogP contribution in [0.1, 0.15) is 17.5 Å². The van der Waals surface area contributed by atoms with Gasteiger partial charge in [-0.1, -0.05) is 70.8 Å². The highest BCUT2D eigenvalue weighted by atomic mass is 35.5. The number of nitrogens with zero attached hydrogens (tertiary/aromatic N) is 1. The van der Waals surface area contributed by atoms with Gasteiger partial charge in [0.05, 0.1) is 15.8 Å². The molecule has 0 aromatic heterocycles. The van der Waals surface area contributed by atoms with Crippen molar-refractivity contribution in [3.63, 3.8) is 0 Å². The van der Waals surface area contributed by atoms with Gasteiger partial charge in [-0.15, -0.1) is 0 Å². The van der Waals surface area contributed by atoms with Crippen LogP contribution < -0.4 is 0 Å². The van der Waals surface area contributed by atoms with Crippen LogP contribution in [-0.4, -0.2) is 11.8 Å². The first-order valence-electron chi connectivity index (χ1n) is 7.10. The van der Waals surface area contributed by atoms with Crippen LogP contribution in [0.4, 0.5) is 0 Å². The molecule has 0 saturated carbocycles. The number of halogens is 2. The molecule has 2 nitrogen and oxygen atoms in total. The molecule has 2 aromatic rings. The number of rotatable bonds is 4. The van der Waals surface area contributed by atoms with Crippen molar-refractivity contribution in [2.45, 2.75) is 18.9 Å². The zero-order valence-corrected chi connectivity index (χ0v) is 13.4. The van der Waals surface area contributed by atoms with E-state index in [1.807, 2.05) is 48.6 Å².